The highest BCUT2D eigenvalue weighted by Gasteiger charge is 2.49. The second-order valence-corrected chi connectivity index (χ2v) is 6.29. The Balaban J connectivity index is 3.16. The third-order valence-corrected chi connectivity index (χ3v) is 3.64. The fourth-order valence-electron chi connectivity index (χ4n) is 1.82. The maximum absolute atomic E-state index is 10.9. The fourth-order valence-corrected chi connectivity index (χ4v) is 2.92. The van der Waals surface area contributed by atoms with E-state index in [9.17, 15) is 21.9 Å². The van der Waals surface area contributed by atoms with Crippen molar-refractivity contribution in [3.05, 3.63) is 0 Å². The van der Waals surface area contributed by atoms with E-state index in [-0.39, 0.29) is 0 Å². The molecule has 0 radical (unpaired) electrons. The van der Waals surface area contributed by atoms with E-state index in [0.29, 0.717) is 0 Å². The third-order valence-electron chi connectivity index (χ3n) is 2.60. The quantitative estimate of drug-likeness (QED) is 0.300. The summed E-state index contributed by atoms with van der Waals surface area (Å²) in [5.41, 5.74) is 0. The molecule has 5 atom stereocenters. The van der Waals surface area contributed by atoms with E-state index in [0.717, 1.165) is 7.11 Å². The number of aliphatic hydroxyl groups is 2. The Morgan fingerprint density at radius 3 is 2.19 bits per heavy atom. The highest BCUT2D eigenvalue weighted by molar-refractivity contribution is 7.83. The van der Waals surface area contributed by atoms with Crippen LogP contribution in [-0.4, -0.2) is 80.5 Å². The van der Waals surface area contributed by atoms with Crippen LogP contribution in [0.3, 0.4) is 0 Å². The summed E-state index contributed by atoms with van der Waals surface area (Å²) in [6, 6.07) is -1.72. The van der Waals surface area contributed by atoms with Gasteiger partial charge in [0.1, 0.15) is 24.4 Å². The Morgan fingerprint density at radius 2 is 1.81 bits per heavy atom. The van der Waals surface area contributed by atoms with Gasteiger partial charge in [-0.1, -0.05) is 0 Å². The zero-order chi connectivity index (χ0) is 16.4. The van der Waals surface area contributed by atoms with E-state index >= 15 is 0 Å². The van der Waals surface area contributed by atoms with Crippen LogP contribution in [0.15, 0.2) is 0 Å². The SMILES string of the molecule is CO[C@H]1O[C@H](CO)[C@@H](O)[C@H](OS(=O)(=O)O)[C@H]1NS(=O)(=O)O. The molecule has 1 fully saturated rings. The number of methoxy groups -OCH3 is 1. The van der Waals surface area contributed by atoms with E-state index in [1.807, 2.05) is 0 Å². The lowest BCUT2D eigenvalue weighted by Gasteiger charge is -2.42. The van der Waals surface area contributed by atoms with Crippen LogP contribution in [0.1, 0.15) is 0 Å². The van der Waals surface area contributed by atoms with Crippen molar-refractivity contribution in [2.75, 3.05) is 13.7 Å². The van der Waals surface area contributed by atoms with Crippen molar-refractivity contribution < 1.29 is 49.8 Å². The van der Waals surface area contributed by atoms with Gasteiger partial charge in [-0.05, 0) is 0 Å². The largest absolute Gasteiger partial charge is 0.397 e. The molecule has 0 aromatic carbocycles. The van der Waals surface area contributed by atoms with Crippen molar-refractivity contribution in [3.63, 3.8) is 0 Å². The maximum Gasteiger partial charge on any atom is 0.397 e. The lowest BCUT2D eigenvalue weighted by atomic mass is 9.98. The first-order chi connectivity index (χ1) is 9.48. The summed E-state index contributed by atoms with van der Waals surface area (Å²) in [5.74, 6) is 0. The van der Waals surface area contributed by atoms with Gasteiger partial charge in [0.15, 0.2) is 6.29 Å². The number of hydrogen-bond acceptors (Lipinski definition) is 9. The Bertz CT molecular complexity index is 545. The van der Waals surface area contributed by atoms with Gasteiger partial charge in [-0.3, -0.25) is 9.11 Å². The summed E-state index contributed by atoms with van der Waals surface area (Å²) in [6.07, 6.45) is -6.65. The second kappa shape index (κ2) is 6.78. The molecule has 1 aliphatic rings. The number of aliphatic hydroxyl groups excluding tert-OH is 2. The number of rotatable bonds is 6. The molecule has 1 saturated heterocycles. The van der Waals surface area contributed by atoms with Crippen LogP contribution >= 0.6 is 0 Å². The van der Waals surface area contributed by atoms with Crippen LogP contribution in [0.25, 0.3) is 0 Å². The molecule has 126 valence electrons. The van der Waals surface area contributed by atoms with E-state index in [1.165, 1.54) is 0 Å². The van der Waals surface area contributed by atoms with Crippen LogP contribution in [-0.2, 0) is 34.4 Å². The molecule has 1 rings (SSSR count). The molecule has 0 aromatic rings. The van der Waals surface area contributed by atoms with E-state index in [1.54, 1.807) is 4.72 Å². The van der Waals surface area contributed by atoms with Gasteiger partial charge in [0.05, 0.1) is 6.61 Å². The number of nitrogens with one attached hydrogen (secondary N) is 1. The summed E-state index contributed by atoms with van der Waals surface area (Å²) < 4.78 is 76.2. The van der Waals surface area contributed by atoms with Gasteiger partial charge >= 0.3 is 20.7 Å². The molecule has 1 aliphatic heterocycles. The summed E-state index contributed by atoms with van der Waals surface area (Å²) in [5, 5.41) is 18.8. The molecule has 0 aromatic heterocycles. The molecule has 0 amide bonds. The lowest BCUT2D eigenvalue weighted by molar-refractivity contribution is -0.256. The summed E-state index contributed by atoms with van der Waals surface area (Å²) >= 11 is 0. The molecule has 12 nitrogen and oxygen atoms in total. The monoisotopic (exact) mass is 353 g/mol. The van der Waals surface area contributed by atoms with Gasteiger partial charge in [-0.2, -0.15) is 21.6 Å². The van der Waals surface area contributed by atoms with Gasteiger partial charge in [0, 0.05) is 7.11 Å². The molecule has 5 N–H and O–H groups in total. The molecular weight excluding hydrogens is 338 g/mol. The minimum absolute atomic E-state index is 0.773. The minimum Gasteiger partial charge on any atom is -0.394 e. The Morgan fingerprint density at radius 1 is 1.24 bits per heavy atom. The van der Waals surface area contributed by atoms with Gasteiger partial charge in [-0.25, -0.2) is 4.18 Å². The molecule has 14 heteroatoms. The first kappa shape index (κ1) is 18.6. The first-order valence-corrected chi connectivity index (χ1v) is 8.16. The van der Waals surface area contributed by atoms with Crippen molar-refractivity contribution >= 4 is 20.7 Å². The molecule has 1 heterocycles. The fraction of sp³-hybridized carbons (Fsp3) is 1.00. The van der Waals surface area contributed by atoms with Gasteiger partial charge in [-0.15, -0.1) is 0 Å². The van der Waals surface area contributed by atoms with Gasteiger partial charge < -0.3 is 19.7 Å². The molecule has 0 spiro atoms. The third kappa shape index (κ3) is 5.37. The summed E-state index contributed by atoms with van der Waals surface area (Å²) in [7, 11) is -8.87. The van der Waals surface area contributed by atoms with Gasteiger partial charge in [0.25, 0.3) is 0 Å². The van der Waals surface area contributed by atoms with Crippen LogP contribution in [0.2, 0.25) is 0 Å². The average Bonchev–Trinajstić information content (AvgIpc) is 2.31. The zero-order valence-electron chi connectivity index (χ0n) is 10.6. The molecule has 0 saturated carbocycles. The minimum atomic E-state index is -5.08. The lowest BCUT2D eigenvalue weighted by Crippen LogP contribution is -2.65. The highest BCUT2D eigenvalue weighted by atomic mass is 32.3. The second-order valence-electron chi connectivity index (χ2n) is 4.06. The van der Waals surface area contributed by atoms with E-state index in [2.05, 4.69) is 4.18 Å². The van der Waals surface area contributed by atoms with Crippen molar-refractivity contribution in [1.29, 1.82) is 0 Å². The summed E-state index contributed by atoms with van der Waals surface area (Å²) in [4.78, 5) is 0. The van der Waals surface area contributed by atoms with Crippen molar-refractivity contribution in [1.82, 2.24) is 4.72 Å². The van der Waals surface area contributed by atoms with Crippen LogP contribution in [0.5, 0.6) is 0 Å². The smallest absolute Gasteiger partial charge is 0.394 e. The van der Waals surface area contributed by atoms with E-state index < -0.39 is 58.0 Å². The average molecular weight is 353 g/mol. The highest BCUT2D eigenvalue weighted by Crippen LogP contribution is 2.25. The number of hydrogen-bond donors (Lipinski definition) is 5. The number of ether oxygens (including phenoxy) is 2. The Kier molecular flexibility index (Phi) is 6.01. The molecule has 0 aliphatic carbocycles. The summed E-state index contributed by atoms with van der Waals surface area (Å²) in [6.45, 7) is -0.773. The van der Waals surface area contributed by atoms with Crippen molar-refractivity contribution in [2.45, 2.75) is 30.6 Å². The first-order valence-electron chi connectivity index (χ1n) is 5.36. The van der Waals surface area contributed by atoms with Crippen molar-refractivity contribution in [3.8, 4) is 0 Å². The standard InChI is InChI=1S/C7H15NO11S2/c1-17-7-4(8-20(11,12)13)6(19-21(14,15)16)5(10)3(2-9)18-7/h3-10H,2H2,1H3,(H,11,12,13)(H,14,15,16)/t3-,4-,5-,6-,7+/m1/s1. The predicted octanol–water partition coefficient (Wildman–Crippen LogP) is -3.34. The molecular formula is C7H15NO11S2. The van der Waals surface area contributed by atoms with Crippen molar-refractivity contribution in [2.24, 2.45) is 0 Å². The van der Waals surface area contributed by atoms with Crippen LogP contribution in [0, 0.1) is 0 Å². The predicted molar refractivity (Wildman–Crippen MR) is 63.7 cm³/mol. The molecule has 21 heavy (non-hydrogen) atoms. The van der Waals surface area contributed by atoms with Gasteiger partial charge in [0.2, 0.25) is 0 Å². The Hall–Kier alpha value is -0.420. The Labute approximate surface area is 120 Å². The van der Waals surface area contributed by atoms with Crippen LogP contribution in [0.4, 0.5) is 0 Å². The molecule has 0 bridgehead atoms. The maximum atomic E-state index is 10.9. The zero-order valence-corrected chi connectivity index (χ0v) is 12.2. The molecule has 0 unspecified atom stereocenters. The topological polar surface area (TPSA) is 189 Å². The van der Waals surface area contributed by atoms with E-state index in [4.69, 9.17) is 23.7 Å². The normalized spacial score (nSPS) is 34.8. The van der Waals surface area contributed by atoms with Crippen LogP contribution < -0.4 is 4.72 Å².